The fourth-order valence-corrected chi connectivity index (χ4v) is 3.63. The van der Waals surface area contributed by atoms with Crippen LogP contribution in [-0.4, -0.2) is 84.1 Å². The van der Waals surface area contributed by atoms with Crippen LogP contribution < -0.4 is 5.32 Å². The van der Waals surface area contributed by atoms with Crippen LogP contribution in [0.2, 0.25) is 0 Å². The maximum atomic E-state index is 12.6. The van der Waals surface area contributed by atoms with Crippen LogP contribution in [0, 0.1) is 0 Å². The van der Waals surface area contributed by atoms with Crippen molar-refractivity contribution in [1.29, 1.82) is 0 Å². The Labute approximate surface area is 184 Å². The Morgan fingerprint density at radius 1 is 1.11 bits per heavy atom. The van der Waals surface area contributed by atoms with Crippen LogP contribution in [0.5, 0.6) is 0 Å². The number of guanidine groups is 1. The van der Waals surface area contributed by atoms with Crippen molar-refractivity contribution in [1.82, 2.24) is 25.2 Å². The Bertz CT molecular complexity index is 594. The molecule has 1 amide bonds. The van der Waals surface area contributed by atoms with Gasteiger partial charge in [0.2, 0.25) is 5.91 Å². The van der Waals surface area contributed by atoms with Crippen molar-refractivity contribution in [2.45, 2.75) is 39.2 Å². The second-order valence-corrected chi connectivity index (χ2v) is 7.22. The molecule has 0 unspecified atom stereocenters. The number of rotatable bonds is 5. The van der Waals surface area contributed by atoms with Gasteiger partial charge in [0.25, 0.3) is 0 Å². The molecule has 0 radical (unpaired) electrons. The number of hydrogen-bond donors (Lipinski definition) is 1. The lowest BCUT2D eigenvalue weighted by molar-refractivity contribution is -0.132. The Morgan fingerprint density at radius 3 is 2.43 bits per heavy atom. The molecule has 1 aromatic heterocycles. The molecule has 0 aromatic carbocycles. The molecule has 1 aromatic rings. The van der Waals surface area contributed by atoms with E-state index in [-0.39, 0.29) is 29.9 Å². The number of piperazine rings is 1. The molecule has 0 aliphatic carbocycles. The van der Waals surface area contributed by atoms with Crippen molar-refractivity contribution >= 4 is 35.8 Å². The van der Waals surface area contributed by atoms with Gasteiger partial charge in [-0.2, -0.15) is 0 Å². The van der Waals surface area contributed by atoms with Gasteiger partial charge in [0, 0.05) is 51.9 Å². The summed E-state index contributed by atoms with van der Waals surface area (Å²) in [5.41, 5.74) is 0.826. The number of carbonyl (C=O) groups is 1. The summed E-state index contributed by atoms with van der Waals surface area (Å²) < 4.78 is 4.87. The monoisotopic (exact) mass is 504 g/mol. The van der Waals surface area contributed by atoms with Gasteiger partial charge in [-0.3, -0.25) is 9.69 Å². The summed E-state index contributed by atoms with van der Waals surface area (Å²) in [6, 6.07) is 1.83. The fourth-order valence-electron chi connectivity index (χ4n) is 3.63. The molecular weight excluding hydrogens is 471 g/mol. The molecule has 2 fully saturated rings. The van der Waals surface area contributed by atoms with Crippen molar-refractivity contribution < 1.29 is 9.32 Å². The second kappa shape index (κ2) is 12.3. The molecule has 0 spiro atoms. The van der Waals surface area contributed by atoms with E-state index < -0.39 is 0 Å². The molecule has 8 nitrogen and oxygen atoms in total. The normalized spacial score (nSPS) is 19.1. The number of carbonyl (C=O) groups excluding carboxylic acids is 1. The third-order valence-electron chi connectivity index (χ3n) is 5.21. The van der Waals surface area contributed by atoms with Gasteiger partial charge in [0.05, 0.1) is 13.1 Å². The number of nitrogens with one attached hydrogen (secondary N) is 1. The first-order chi connectivity index (χ1) is 13.3. The predicted octanol–water partition coefficient (Wildman–Crippen LogP) is 1.78. The zero-order chi connectivity index (χ0) is 18.9. The van der Waals surface area contributed by atoms with Gasteiger partial charge in [-0.15, -0.1) is 24.0 Å². The van der Waals surface area contributed by atoms with E-state index in [1.165, 1.54) is 12.8 Å². The summed E-state index contributed by atoms with van der Waals surface area (Å²) in [6.45, 7) is 9.31. The molecule has 3 rings (SSSR count). The average molecular weight is 504 g/mol. The number of aromatic nitrogens is 1. The van der Waals surface area contributed by atoms with Crippen molar-refractivity contribution in [2.24, 2.45) is 4.99 Å². The lowest BCUT2D eigenvalue weighted by atomic mass is 10.2. The quantitative estimate of drug-likeness (QED) is 0.375. The first kappa shape index (κ1) is 22.9. The summed E-state index contributed by atoms with van der Waals surface area (Å²) in [4.78, 5) is 23.8. The Morgan fingerprint density at radius 2 is 1.82 bits per heavy atom. The highest BCUT2D eigenvalue weighted by Gasteiger charge is 2.23. The van der Waals surface area contributed by atoms with Crippen LogP contribution in [0.3, 0.4) is 0 Å². The third kappa shape index (κ3) is 6.91. The maximum absolute atomic E-state index is 12.6. The van der Waals surface area contributed by atoms with Crippen LogP contribution in [0.15, 0.2) is 21.8 Å². The third-order valence-corrected chi connectivity index (χ3v) is 5.21. The fraction of sp³-hybridized carbons (Fsp3) is 0.737. The minimum absolute atomic E-state index is 0. The van der Waals surface area contributed by atoms with Gasteiger partial charge in [-0.05, 0) is 19.8 Å². The van der Waals surface area contributed by atoms with Crippen LogP contribution in [0.25, 0.3) is 0 Å². The summed E-state index contributed by atoms with van der Waals surface area (Å²) in [6.07, 6.45) is 6.37. The molecule has 2 saturated heterocycles. The van der Waals surface area contributed by atoms with Crippen LogP contribution in [0.4, 0.5) is 0 Å². The number of amides is 1. The molecular formula is C19H33IN6O2. The number of halogens is 1. The highest BCUT2D eigenvalue weighted by atomic mass is 127. The first-order valence-corrected chi connectivity index (χ1v) is 10.2. The van der Waals surface area contributed by atoms with E-state index in [0.717, 1.165) is 70.3 Å². The standard InChI is InChI=1S/C19H32N6O2.HI/c1-2-20-19(21-15-17-7-14-27-22-17)25-12-10-23(11-13-25)16-18(26)24-8-5-3-4-6-9-24;/h7,14H,2-6,8-13,15-16H2,1H3,(H,20,21);1H. The minimum atomic E-state index is 0. The number of aliphatic imine (C=N–C) groups is 1. The molecule has 2 aliphatic heterocycles. The molecule has 28 heavy (non-hydrogen) atoms. The largest absolute Gasteiger partial charge is 0.364 e. The van der Waals surface area contributed by atoms with Gasteiger partial charge in [-0.25, -0.2) is 4.99 Å². The zero-order valence-corrected chi connectivity index (χ0v) is 19.1. The predicted molar refractivity (Wildman–Crippen MR) is 120 cm³/mol. The highest BCUT2D eigenvalue weighted by Crippen LogP contribution is 2.11. The lowest BCUT2D eigenvalue weighted by Crippen LogP contribution is -2.54. The smallest absolute Gasteiger partial charge is 0.236 e. The Kier molecular flexibility index (Phi) is 10.0. The van der Waals surface area contributed by atoms with Crippen molar-refractivity contribution in [2.75, 3.05) is 52.4 Å². The molecule has 0 atom stereocenters. The topological polar surface area (TPSA) is 77.2 Å². The Balaban J connectivity index is 0.00000280. The van der Waals surface area contributed by atoms with Gasteiger partial charge < -0.3 is 19.6 Å². The van der Waals surface area contributed by atoms with Gasteiger partial charge in [0.15, 0.2) is 5.96 Å². The molecule has 0 saturated carbocycles. The van der Waals surface area contributed by atoms with E-state index in [4.69, 9.17) is 4.52 Å². The van der Waals surface area contributed by atoms with Gasteiger partial charge in [-0.1, -0.05) is 18.0 Å². The van der Waals surface area contributed by atoms with E-state index in [1.807, 2.05) is 6.07 Å². The summed E-state index contributed by atoms with van der Waals surface area (Å²) in [7, 11) is 0. The number of likely N-dealkylation sites (tertiary alicyclic amines) is 1. The second-order valence-electron chi connectivity index (χ2n) is 7.22. The highest BCUT2D eigenvalue weighted by molar-refractivity contribution is 14.0. The van der Waals surface area contributed by atoms with Crippen molar-refractivity contribution in [3.8, 4) is 0 Å². The molecule has 1 N–H and O–H groups in total. The SMILES string of the molecule is CCNC(=NCc1ccon1)N1CCN(CC(=O)N2CCCCCC2)CC1.I. The van der Waals surface area contributed by atoms with E-state index >= 15 is 0 Å². The number of nitrogens with zero attached hydrogens (tertiary/aromatic N) is 5. The molecule has 0 bridgehead atoms. The van der Waals surface area contributed by atoms with Gasteiger partial charge >= 0.3 is 0 Å². The summed E-state index contributed by atoms with van der Waals surface area (Å²) in [5.74, 6) is 1.19. The molecule has 9 heteroatoms. The molecule has 2 aliphatic rings. The van der Waals surface area contributed by atoms with E-state index in [1.54, 1.807) is 6.26 Å². The van der Waals surface area contributed by atoms with Crippen LogP contribution >= 0.6 is 24.0 Å². The van der Waals surface area contributed by atoms with E-state index in [2.05, 4.69) is 37.1 Å². The number of hydrogen-bond acceptors (Lipinski definition) is 5. The maximum Gasteiger partial charge on any atom is 0.236 e. The Hall–Kier alpha value is -1.36. The molecule has 3 heterocycles. The first-order valence-electron chi connectivity index (χ1n) is 10.2. The van der Waals surface area contributed by atoms with Crippen LogP contribution in [0.1, 0.15) is 38.3 Å². The summed E-state index contributed by atoms with van der Waals surface area (Å²) >= 11 is 0. The zero-order valence-electron chi connectivity index (χ0n) is 16.8. The van der Waals surface area contributed by atoms with Crippen molar-refractivity contribution in [3.05, 3.63) is 18.0 Å². The lowest BCUT2D eigenvalue weighted by Gasteiger charge is -2.37. The summed E-state index contributed by atoms with van der Waals surface area (Å²) in [5, 5.41) is 7.26. The van der Waals surface area contributed by atoms with Crippen molar-refractivity contribution in [3.63, 3.8) is 0 Å². The van der Waals surface area contributed by atoms with E-state index in [9.17, 15) is 4.79 Å². The van der Waals surface area contributed by atoms with Gasteiger partial charge in [0.1, 0.15) is 12.0 Å². The van der Waals surface area contributed by atoms with E-state index in [0.29, 0.717) is 13.1 Å². The molecule has 158 valence electrons. The van der Waals surface area contributed by atoms with Crippen LogP contribution in [-0.2, 0) is 11.3 Å². The average Bonchev–Trinajstić information content (AvgIpc) is 3.05. The minimum Gasteiger partial charge on any atom is -0.364 e.